The second kappa shape index (κ2) is 6.49. The summed E-state index contributed by atoms with van der Waals surface area (Å²) in [4.78, 5) is 0. The van der Waals surface area contributed by atoms with E-state index in [-0.39, 0.29) is 6.04 Å². The van der Waals surface area contributed by atoms with Gasteiger partial charge >= 0.3 is 0 Å². The van der Waals surface area contributed by atoms with E-state index in [9.17, 15) is 8.78 Å². The van der Waals surface area contributed by atoms with Crippen LogP contribution in [0.1, 0.15) is 32.4 Å². The van der Waals surface area contributed by atoms with Crippen LogP contribution in [0.15, 0.2) is 18.2 Å². The Morgan fingerprint density at radius 1 is 1.21 bits per heavy atom. The van der Waals surface area contributed by atoms with E-state index >= 15 is 0 Å². The first-order valence-electron chi connectivity index (χ1n) is 4.77. The van der Waals surface area contributed by atoms with Crippen LogP contribution in [0, 0.1) is 11.6 Å². The Hall–Kier alpha value is -0.960. The van der Waals surface area contributed by atoms with Crippen molar-refractivity contribution in [3.63, 3.8) is 0 Å². The Bertz CT molecular complexity index is 274. The quantitative estimate of drug-likeness (QED) is 0.774. The molecule has 0 aliphatic heterocycles. The molecule has 1 rings (SSSR count). The van der Waals surface area contributed by atoms with Crippen molar-refractivity contribution in [3.8, 4) is 0 Å². The van der Waals surface area contributed by atoms with Crippen LogP contribution in [-0.4, -0.2) is 7.05 Å². The number of hydrogen-bond donors (Lipinski definition) is 1. The maximum atomic E-state index is 13.0. The molecule has 0 fully saturated rings. The summed E-state index contributed by atoms with van der Waals surface area (Å²) in [6.45, 7) is 5.82. The monoisotopic (exact) mass is 201 g/mol. The van der Waals surface area contributed by atoms with Crippen molar-refractivity contribution in [2.75, 3.05) is 7.05 Å². The molecule has 0 saturated carbocycles. The lowest BCUT2D eigenvalue weighted by Gasteiger charge is -2.10. The van der Waals surface area contributed by atoms with Crippen LogP contribution < -0.4 is 5.32 Å². The Labute approximate surface area is 84.1 Å². The number of nitrogens with one attached hydrogen (secondary N) is 1. The summed E-state index contributed by atoms with van der Waals surface area (Å²) >= 11 is 0. The van der Waals surface area contributed by atoms with Gasteiger partial charge in [0, 0.05) is 17.7 Å². The molecule has 0 amide bonds. The summed E-state index contributed by atoms with van der Waals surface area (Å²) < 4.78 is 25.5. The van der Waals surface area contributed by atoms with Gasteiger partial charge in [0.25, 0.3) is 0 Å². The van der Waals surface area contributed by atoms with Gasteiger partial charge in [-0.3, -0.25) is 0 Å². The van der Waals surface area contributed by atoms with Crippen molar-refractivity contribution in [1.29, 1.82) is 0 Å². The van der Waals surface area contributed by atoms with Gasteiger partial charge < -0.3 is 5.32 Å². The molecule has 80 valence electrons. The van der Waals surface area contributed by atoms with Crippen LogP contribution in [0.5, 0.6) is 0 Å². The zero-order valence-corrected chi connectivity index (χ0v) is 9.07. The predicted octanol–water partition coefficient (Wildman–Crippen LogP) is 3.27. The number of benzene rings is 1. The summed E-state index contributed by atoms with van der Waals surface area (Å²) in [6, 6.07) is 3.51. The second-order valence-corrected chi connectivity index (χ2v) is 2.68. The van der Waals surface area contributed by atoms with Gasteiger partial charge in [-0.2, -0.15) is 0 Å². The molecule has 0 aliphatic rings. The highest BCUT2D eigenvalue weighted by atomic mass is 19.1. The minimum atomic E-state index is -0.542. The van der Waals surface area contributed by atoms with Crippen molar-refractivity contribution < 1.29 is 8.78 Å². The standard InChI is InChI=1S/C9H11F2N.C2H6/c1-6(12-2)8-4-3-7(10)5-9(8)11;1-2/h3-6,12H,1-2H3;1-2H3/t6-;/m0./s1. The lowest BCUT2D eigenvalue weighted by molar-refractivity contribution is 0.542. The van der Waals surface area contributed by atoms with Crippen molar-refractivity contribution in [3.05, 3.63) is 35.4 Å². The van der Waals surface area contributed by atoms with Crippen molar-refractivity contribution >= 4 is 0 Å². The molecule has 1 N–H and O–H groups in total. The molecule has 3 heteroatoms. The fraction of sp³-hybridized carbons (Fsp3) is 0.455. The lowest BCUT2D eigenvalue weighted by atomic mass is 10.1. The average Bonchev–Trinajstić information content (AvgIpc) is 2.20. The maximum Gasteiger partial charge on any atom is 0.130 e. The maximum absolute atomic E-state index is 13.0. The highest BCUT2D eigenvalue weighted by Crippen LogP contribution is 2.16. The highest BCUT2D eigenvalue weighted by Gasteiger charge is 2.08. The summed E-state index contributed by atoms with van der Waals surface area (Å²) in [5.74, 6) is -1.04. The molecule has 0 spiro atoms. The molecule has 1 aromatic rings. The van der Waals surface area contributed by atoms with Crippen molar-refractivity contribution in [2.24, 2.45) is 0 Å². The van der Waals surface area contributed by atoms with Gasteiger partial charge in [-0.05, 0) is 20.0 Å². The Morgan fingerprint density at radius 2 is 1.79 bits per heavy atom. The second-order valence-electron chi connectivity index (χ2n) is 2.68. The molecular weight excluding hydrogens is 184 g/mol. The van der Waals surface area contributed by atoms with Gasteiger partial charge in [-0.1, -0.05) is 19.9 Å². The molecule has 0 bridgehead atoms. The van der Waals surface area contributed by atoms with Gasteiger partial charge in [0.2, 0.25) is 0 Å². The zero-order chi connectivity index (χ0) is 11.1. The van der Waals surface area contributed by atoms with Gasteiger partial charge in [0.15, 0.2) is 0 Å². The van der Waals surface area contributed by atoms with Gasteiger partial charge in [-0.15, -0.1) is 0 Å². The molecular formula is C11H17F2N. The van der Waals surface area contributed by atoms with Crippen LogP contribution in [0.25, 0.3) is 0 Å². The molecule has 0 unspecified atom stereocenters. The molecule has 0 radical (unpaired) electrons. The molecule has 0 aromatic heterocycles. The number of rotatable bonds is 2. The summed E-state index contributed by atoms with van der Waals surface area (Å²) in [6.07, 6.45) is 0. The largest absolute Gasteiger partial charge is 0.313 e. The first-order valence-corrected chi connectivity index (χ1v) is 4.77. The Kier molecular flexibility index (Phi) is 6.04. The third kappa shape index (κ3) is 3.42. The van der Waals surface area contributed by atoms with E-state index in [2.05, 4.69) is 5.32 Å². The first kappa shape index (κ1) is 13.0. The third-order valence-electron chi connectivity index (χ3n) is 1.86. The number of halogens is 2. The Morgan fingerprint density at radius 3 is 2.21 bits per heavy atom. The number of hydrogen-bond acceptors (Lipinski definition) is 1. The fourth-order valence-electron chi connectivity index (χ4n) is 1.01. The zero-order valence-electron chi connectivity index (χ0n) is 9.07. The predicted molar refractivity (Wildman–Crippen MR) is 55.2 cm³/mol. The third-order valence-corrected chi connectivity index (χ3v) is 1.86. The summed E-state index contributed by atoms with van der Waals surface area (Å²) in [5.41, 5.74) is 0.485. The van der Waals surface area contributed by atoms with Crippen LogP contribution in [-0.2, 0) is 0 Å². The fourth-order valence-corrected chi connectivity index (χ4v) is 1.01. The van der Waals surface area contributed by atoms with Crippen LogP contribution in [0.2, 0.25) is 0 Å². The SMILES string of the molecule is CC.CN[C@@H](C)c1ccc(F)cc1F. The summed E-state index contributed by atoms with van der Waals surface area (Å²) in [7, 11) is 1.73. The molecule has 0 heterocycles. The summed E-state index contributed by atoms with van der Waals surface area (Å²) in [5, 5.41) is 2.88. The van der Waals surface area contributed by atoms with Crippen LogP contribution >= 0.6 is 0 Å². The smallest absolute Gasteiger partial charge is 0.130 e. The van der Waals surface area contributed by atoms with Gasteiger partial charge in [0.05, 0.1) is 0 Å². The van der Waals surface area contributed by atoms with E-state index in [1.807, 2.05) is 20.8 Å². The molecule has 14 heavy (non-hydrogen) atoms. The van der Waals surface area contributed by atoms with E-state index in [4.69, 9.17) is 0 Å². The van der Waals surface area contributed by atoms with Crippen LogP contribution in [0.3, 0.4) is 0 Å². The molecule has 1 nitrogen and oxygen atoms in total. The highest BCUT2D eigenvalue weighted by molar-refractivity contribution is 5.21. The minimum Gasteiger partial charge on any atom is -0.313 e. The average molecular weight is 201 g/mol. The van der Waals surface area contributed by atoms with E-state index in [0.717, 1.165) is 6.07 Å². The topological polar surface area (TPSA) is 12.0 Å². The molecule has 0 aliphatic carbocycles. The normalized spacial score (nSPS) is 11.6. The van der Waals surface area contributed by atoms with Gasteiger partial charge in [-0.25, -0.2) is 8.78 Å². The lowest BCUT2D eigenvalue weighted by Crippen LogP contribution is -2.13. The van der Waals surface area contributed by atoms with Crippen LogP contribution in [0.4, 0.5) is 8.78 Å². The van der Waals surface area contributed by atoms with E-state index in [0.29, 0.717) is 5.56 Å². The molecule has 1 atom stereocenters. The molecule has 1 aromatic carbocycles. The van der Waals surface area contributed by atoms with E-state index in [1.165, 1.54) is 12.1 Å². The van der Waals surface area contributed by atoms with E-state index in [1.54, 1.807) is 7.05 Å². The minimum absolute atomic E-state index is 0.0920. The Balaban J connectivity index is 0.000000791. The van der Waals surface area contributed by atoms with Crippen molar-refractivity contribution in [1.82, 2.24) is 5.32 Å². The molecule has 0 saturated heterocycles. The first-order chi connectivity index (χ1) is 6.65. The van der Waals surface area contributed by atoms with Gasteiger partial charge in [0.1, 0.15) is 11.6 Å². The van der Waals surface area contributed by atoms with E-state index < -0.39 is 11.6 Å². The van der Waals surface area contributed by atoms with Crippen molar-refractivity contribution in [2.45, 2.75) is 26.8 Å².